The van der Waals surface area contributed by atoms with Crippen LogP contribution in [0.3, 0.4) is 0 Å². The zero-order valence-electron chi connectivity index (χ0n) is 7.74. The standard InChI is InChI=1S/C10H15N3/c11-8-3-4-9-5-12-10(7-1-2-7)13(9)6-8/h5,7-8H,1-4,6,11H2/t8-/m1/s1. The molecular formula is C10H15N3. The van der Waals surface area contributed by atoms with E-state index in [4.69, 9.17) is 5.73 Å². The van der Waals surface area contributed by atoms with Crippen LogP contribution >= 0.6 is 0 Å². The van der Waals surface area contributed by atoms with Gasteiger partial charge >= 0.3 is 0 Å². The van der Waals surface area contributed by atoms with Crippen LogP contribution in [0.2, 0.25) is 0 Å². The van der Waals surface area contributed by atoms with Crippen LogP contribution in [0, 0.1) is 0 Å². The average molecular weight is 177 g/mol. The number of aromatic nitrogens is 2. The second-order valence-electron chi connectivity index (χ2n) is 4.29. The van der Waals surface area contributed by atoms with Crippen molar-refractivity contribution in [3.05, 3.63) is 17.7 Å². The first-order valence-electron chi connectivity index (χ1n) is 5.14. The van der Waals surface area contributed by atoms with Crippen LogP contribution in [0.4, 0.5) is 0 Å². The van der Waals surface area contributed by atoms with Gasteiger partial charge in [0.1, 0.15) is 5.82 Å². The number of imidazole rings is 1. The number of fused-ring (bicyclic) bond motifs is 1. The number of nitrogens with two attached hydrogens (primary N) is 1. The number of hydrogen-bond donors (Lipinski definition) is 1. The number of nitrogens with zero attached hydrogens (tertiary/aromatic N) is 2. The topological polar surface area (TPSA) is 43.8 Å². The van der Waals surface area contributed by atoms with Crippen molar-refractivity contribution < 1.29 is 0 Å². The van der Waals surface area contributed by atoms with Gasteiger partial charge in [-0.15, -0.1) is 0 Å². The second-order valence-corrected chi connectivity index (χ2v) is 4.29. The monoisotopic (exact) mass is 177 g/mol. The van der Waals surface area contributed by atoms with Crippen molar-refractivity contribution in [3.63, 3.8) is 0 Å². The molecule has 1 aromatic heterocycles. The summed E-state index contributed by atoms with van der Waals surface area (Å²) in [6.07, 6.45) is 6.92. The first kappa shape index (κ1) is 7.56. The molecule has 3 nitrogen and oxygen atoms in total. The van der Waals surface area contributed by atoms with E-state index in [1.165, 1.54) is 24.4 Å². The van der Waals surface area contributed by atoms with Gasteiger partial charge in [0.25, 0.3) is 0 Å². The quantitative estimate of drug-likeness (QED) is 0.696. The maximum Gasteiger partial charge on any atom is 0.112 e. The molecule has 1 atom stereocenters. The van der Waals surface area contributed by atoms with Crippen LogP contribution in [-0.4, -0.2) is 15.6 Å². The first-order chi connectivity index (χ1) is 6.34. The van der Waals surface area contributed by atoms with Gasteiger partial charge in [-0.2, -0.15) is 0 Å². The minimum absolute atomic E-state index is 0.346. The summed E-state index contributed by atoms with van der Waals surface area (Å²) in [5.41, 5.74) is 7.34. The fourth-order valence-electron chi connectivity index (χ4n) is 2.16. The predicted molar refractivity (Wildman–Crippen MR) is 50.5 cm³/mol. The summed E-state index contributed by atoms with van der Waals surface area (Å²) >= 11 is 0. The molecule has 0 unspecified atom stereocenters. The van der Waals surface area contributed by atoms with Crippen molar-refractivity contribution >= 4 is 0 Å². The summed E-state index contributed by atoms with van der Waals surface area (Å²) in [6.45, 7) is 0.987. The predicted octanol–water partition coefficient (Wildman–Crippen LogP) is 1.03. The van der Waals surface area contributed by atoms with E-state index in [1.54, 1.807) is 0 Å². The van der Waals surface area contributed by atoms with Gasteiger partial charge in [-0.1, -0.05) is 0 Å². The van der Waals surface area contributed by atoms with Gasteiger partial charge in [0.15, 0.2) is 0 Å². The van der Waals surface area contributed by atoms with Crippen LogP contribution in [0.15, 0.2) is 6.20 Å². The van der Waals surface area contributed by atoms with E-state index >= 15 is 0 Å². The average Bonchev–Trinajstić information content (AvgIpc) is 2.87. The molecule has 2 N–H and O–H groups in total. The Bertz CT molecular complexity index is 325. The number of hydrogen-bond acceptors (Lipinski definition) is 2. The van der Waals surface area contributed by atoms with Crippen LogP contribution in [0.1, 0.15) is 36.7 Å². The Hall–Kier alpha value is -0.830. The Morgan fingerprint density at radius 3 is 3.00 bits per heavy atom. The summed E-state index contributed by atoms with van der Waals surface area (Å²) in [7, 11) is 0. The van der Waals surface area contributed by atoms with Crippen molar-refractivity contribution in [2.75, 3.05) is 0 Å². The molecule has 0 saturated heterocycles. The lowest BCUT2D eigenvalue weighted by molar-refractivity contribution is 0.449. The van der Waals surface area contributed by atoms with E-state index in [0.717, 1.165) is 25.3 Å². The summed E-state index contributed by atoms with van der Waals surface area (Å²) in [6, 6.07) is 0.346. The molecule has 0 amide bonds. The Morgan fingerprint density at radius 1 is 1.38 bits per heavy atom. The molecule has 13 heavy (non-hydrogen) atoms. The maximum absolute atomic E-state index is 5.95. The molecule has 3 rings (SSSR count). The highest BCUT2D eigenvalue weighted by Gasteiger charge is 2.30. The number of aryl methyl sites for hydroxylation is 1. The highest BCUT2D eigenvalue weighted by molar-refractivity contribution is 5.15. The molecule has 0 radical (unpaired) electrons. The minimum Gasteiger partial charge on any atom is -0.330 e. The number of rotatable bonds is 1. The molecule has 1 aromatic rings. The molecule has 0 aromatic carbocycles. The zero-order valence-corrected chi connectivity index (χ0v) is 7.74. The highest BCUT2D eigenvalue weighted by Crippen LogP contribution is 2.40. The molecule has 70 valence electrons. The largest absolute Gasteiger partial charge is 0.330 e. The van der Waals surface area contributed by atoms with E-state index < -0.39 is 0 Å². The SMILES string of the molecule is N[C@@H]1CCc2cnc(C3CC3)n2C1. The van der Waals surface area contributed by atoms with Crippen molar-refractivity contribution in [1.82, 2.24) is 9.55 Å². The molecule has 0 bridgehead atoms. The van der Waals surface area contributed by atoms with Crippen LogP contribution in [0.5, 0.6) is 0 Å². The molecule has 1 saturated carbocycles. The van der Waals surface area contributed by atoms with Crippen LogP contribution < -0.4 is 5.73 Å². The molecule has 1 fully saturated rings. The van der Waals surface area contributed by atoms with Crippen molar-refractivity contribution in [3.8, 4) is 0 Å². The highest BCUT2D eigenvalue weighted by atomic mass is 15.1. The Morgan fingerprint density at radius 2 is 2.23 bits per heavy atom. The van der Waals surface area contributed by atoms with E-state index in [9.17, 15) is 0 Å². The van der Waals surface area contributed by atoms with Gasteiger partial charge in [-0.05, 0) is 25.7 Å². The molecule has 2 aliphatic rings. The lowest BCUT2D eigenvalue weighted by Gasteiger charge is -2.22. The Kier molecular flexibility index (Phi) is 1.50. The molecule has 1 aliphatic heterocycles. The van der Waals surface area contributed by atoms with E-state index in [1.807, 2.05) is 6.20 Å². The summed E-state index contributed by atoms with van der Waals surface area (Å²) in [5, 5.41) is 0. The van der Waals surface area contributed by atoms with Gasteiger partial charge in [-0.3, -0.25) is 0 Å². The van der Waals surface area contributed by atoms with Crippen molar-refractivity contribution in [2.45, 2.75) is 44.2 Å². The lowest BCUT2D eigenvalue weighted by Crippen LogP contribution is -2.32. The van der Waals surface area contributed by atoms with E-state index in [-0.39, 0.29) is 0 Å². The molecule has 2 heterocycles. The van der Waals surface area contributed by atoms with E-state index in [2.05, 4.69) is 9.55 Å². The summed E-state index contributed by atoms with van der Waals surface area (Å²) in [5.74, 6) is 2.05. The fraction of sp³-hybridized carbons (Fsp3) is 0.700. The third-order valence-electron chi connectivity index (χ3n) is 3.10. The van der Waals surface area contributed by atoms with Gasteiger partial charge in [-0.25, -0.2) is 4.98 Å². The molecule has 3 heteroatoms. The smallest absolute Gasteiger partial charge is 0.112 e. The molecule has 1 aliphatic carbocycles. The summed E-state index contributed by atoms with van der Waals surface area (Å²) < 4.78 is 2.35. The van der Waals surface area contributed by atoms with Crippen LogP contribution in [-0.2, 0) is 13.0 Å². The van der Waals surface area contributed by atoms with Gasteiger partial charge in [0.05, 0.1) is 0 Å². The molecular weight excluding hydrogens is 162 g/mol. The van der Waals surface area contributed by atoms with Crippen molar-refractivity contribution in [2.24, 2.45) is 5.73 Å². The van der Waals surface area contributed by atoms with Crippen LogP contribution in [0.25, 0.3) is 0 Å². The second kappa shape index (κ2) is 2.58. The Labute approximate surface area is 78.0 Å². The molecule has 0 spiro atoms. The van der Waals surface area contributed by atoms with Gasteiger partial charge < -0.3 is 10.3 Å². The zero-order chi connectivity index (χ0) is 8.84. The third kappa shape index (κ3) is 1.18. The van der Waals surface area contributed by atoms with Crippen molar-refractivity contribution in [1.29, 1.82) is 0 Å². The first-order valence-corrected chi connectivity index (χ1v) is 5.14. The van der Waals surface area contributed by atoms with E-state index in [0.29, 0.717) is 6.04 Å². The van der Waals surface area contributed by atoms with Gasteiger partial charge in [0.2, 0.25) is 0 Å². The minimum atomic E-state index is 0.346. The third-order valence-corrected chi connectivity index (χ3v) is 3.10. The Balaban J connectivity index is 1.99. The normalized spacial score (nSPS) is 27.3. The maximum atomic E-state index is 5.95. The lowest BCUT2D eigenvalue weighted by atomic mass is 10.1. The summed E-state index contributed by atoms with van der Waals surface area (Å²) in [4.78, 5) is 4.50. The van der Waals surface area contributed by atoms with Gasteiger partial charge in [0, 0.05) is 30.4 Å². The fourth-order valence-corrected chi connectivity index (χ4v) is 2.16.